The minimum Gasteiger partial charge on any atom is -0.467 e. The summed E-state index contributed by atoms with van der Waals surface area (Å²) < 4.78 is 12.6. The zero-order chi connectivity index (χ0) is 24.1. The number of thioether (sulfide) groups is 1. The van der Waals surface area contributed by atoms with Crippen LogP contribution in [0.1, 0.15) is 37.9 Å². The SMILES string of the molecule is O=C(CSc1nc2ccccc2c(=O)n1Cc1ccco1)NCC1(N2CCOCC2)CCCCC1. The molecule has 3 heterocycles. The molecular weight excluding hydrogens is 464 g/mol. The molecule has 8 nitrogen and oxygen atoms in total. The highest BCUT2D eigenvalue weighted by molar-refractivity contribution is 7.99. The number of morpholine rings is 1. The number of carbonyl (C=O) groups is 1. The summed E-state index contributed by atoms with van der Waals surface area (Å²) in [7, 11) is 0. The first-order valence-corrected chi connectivity index (χ1v) is 13.4. The predicted octanol–water partition coefficient (Wildman–Crippen LogP) is 3.28. The van der Waals surface area contributed by atoms with Gasteiger partial charge in [0.2, 0.25) is 5.91 Å². The predicted molar refractivity (Wildman–Crippen MR) is 136 cm³/mol. The lowest BCUT2D eigenvalue weighted by atomic mass is 9.79. The average molecular weight is 497 g/mol. The smallest absolute Gasteiger partial charge is 0.262 e. The first-order chi connectivity index (χ1) is 17.1. The highest BCUT2D eigenvalue weighted by Crippen LogP contribution is 2.34. The molecule has 186 valence electrons. The number of rotatable bonds is 8. The Bertz CT molecular complexity index is 1200. The van der Waals surface area contributed by atoms with E-state index in [9.17, 15) is 9.59 Å². The molecule has 0 radical (unpaired) electrons. The van der Waals surface area contributed by atoms with Gasteiger partial charge in [0, 0.05) is 25.2 Å². The lowest BCUT2D eigenvalue weighted by Gasteiger charge is -2.48. The monoisotopic (exact) mass is 496 g/mol. The average Bonchev–Trinajstić information content (AvgIpc) is 3.42. The molecule has 35 heavy (non-hydrogen) atoms. The number of amides is 1. The van der Waals surface area contributed by atoms with Gasteiger partial charge < -0.3 is 14.5 Å². The van der Waals surface area contributed by atoms with E-state index < -0.39 is 0 Å². The molecule has 2 aromatic heterocycles. The Hall–Kier alpha value is -2.62. The molecule has 3 aromatic rings. The second kappa shape index (κ2) is 11.0. The number of fused-ring (bicyclic) bond motifs is 1. The molecule has 9 heteroatoms. The summed E-state index contributed by atoms with van der Waals surface area (Å²) in [6.07, 6.45) is 7.45. The van der Waals surface area contributed by atoms with Gasteiger partial charge in [-0.15, -0.1) is 0 Å². The van der Waals surface area contributed by atoms with Crippen LogP contribution in [0, 0.1) is 0 Å². The Labute approximate surface area is 209 Å². The largest absolute Gasteiger partial charge is 0.467 e. The van der Waals surface area contributed by atoms with Gasteiger partial charge in [-0.25, -0.2) is 4.98 Å². The zero-order valence-corrected chi connectivity index (χ0v) is 20.7. The minimum absolute atomic E-state index is 0.0188. The van der Waals surface area contributed by atoms with Crippen LogP contribution in [0.5, 0.6) is 0 Å². The van der Waals surface area contributed by atoms with Crippen LogP contribution in [0.15, 0.2) is 57.0 Å². The van der Waals surface area contributed by atoms with Crippen LogP contribution in [0.25, 0.3) is 10.9 Å². The van der Waals surface area contributed by atoms with Crippen LogP contribution in [-0.4, -0.2) is 64.5 Å². The van der Waals surface area contributed by atoms with Gasteiger partial charge in [0.15, 0.2) is 5.16 Å². The van der Waals surface area contributed by atoms with E-state index in [1.165, 1.54) is 31.0 Å². The molecule has 5 rings (SSSR count). The molecule has 1 saturated heterocycles. The molecule has 1 saturated carbocycles. The lowest BCUT2D eigenvalue weighted by Crippen LogP contribution is -2.59. The first kappa shape index (κ1) is 24.1. The number of aromatic nitrogens is 2. The normalized spacial score (nSPS) is 18.5. The van der Waals surface area contributed by atoms with E-state index in [2.05, 4.69) is 10.2 Å². The maximum Gasteiger partial charge on any atom is 0.262 e. The van der Waals surface area contributed by atoms with Crippen LogP contribution < -0.4 is 10.9 Å². The number of nitrogens with zero attached hydrogens (tertiary/aromatic N) is 3. The number of hydrogen-bond donors (Lipinski definition) is 1. The summed E-state index contributed by atoms with van der Waals surface area (Å²) >= 11 is 1.29. The quantitative estimate of drug-likeness (QED) is 0.378. The summed E-state index contributed by atoms with van der Waals surface area (Å²) in [5, 5.41) is 4.27. The molecule has 1 amide bonds. The van der Waals surface area contributed by atoms with Gasteiger partial charge in [-0.05, 0) is 37.1 Å². The number of benzene rings is 1. The van der Waals surface area contributed by atoms with Crippen LogP contribution in [-0.2, 0) is 16.1 Å². The van der Waals surface area contributed by atoms with Crippen LogP contribution in [0.3, 0.4) is 0 Å². The van der Waals surface area contributed by atoms with Gasteiger partial charge in [0.1, 0.15) is 5.76 Å². The van der Waals surface area contributed by atoms with Crippen molar-refractivity contribution in [2.24, 2.45) is 0 Å². The second-order valence-electron chi connectivity index (χ2n) is 9.33. The van der Waals surface area contributed by atoms with Crippen LogP contribution >= 0.6 is 11.8 Å². The van der Waals surface area contributed by atoms with Crippen molar-refractivity contribution in [1.29, 1.82) is 0 Å². The molecular formula is C26H32N4O4S. The fourth-order valence-corrected chi connectivity index (χ4v) is 6.08. The van der Waals surface area contributed by atoms with E-state index in [4.69, 9.17) is 14.1 Å². The maximum atomic E-state index is 13.2. The van der Waals surface area contributed by atoms with Crippen molar-refractivity contribution in [2.75, 3.05) is 38.6 Å². The Kier molecular flexibility index (Phi) is 7.55. The van der Waals surface area contributed by atoms with Gasteiger partial charge in [-0.2, -0.15) is 0 Å². The highest BCUT2D eigenvalue weighted by atomic mass is 32.2. The molecule has 1 aromatic carbocycles. The van der Waals surface area contributed by atoms with Crippen molar-refractivity contribution in [3.8, 4) is 0 Å². The third-order valence-corrected chi connectivity index (χ3v) is 8.11. The highest BCUT2D eigenvalue weighted by Gasteiger charge is 2.38. The number of ether oxygens (including phenoxy) is 1. The fourth-order valence-electron chi connectivity index (χ4n) is 5.25. The van der Waals surface area contributed by atoms with Crippen LogP contribution in [0.2, 0.25) is 0 Å². The number of hydrogen-bond acceptors (Lipinski definition) is 7. The lowest BCUT2D eigenvalue weighted by molar-refractivity contribution is -0.119. The molecule has 2 fully saturated rings. The molecule has 1 N–H and O–H groups in total. The van der Waals surface area contributed by atoms with Crippen molar-refractivity contribution in [3.63, 3.8) is 0 Å². The Morgan fingerprint density at radius 2 is 1.89 bits per heavy atom. The Balaban J connectivity index is 1.29. The number of nitrogens with one attached hydrogen (secondary N) is 1. The van der Waals surface area contributed by atoms with E-state index in [1.54, 1.807) is 23.0 Å². The molecule has 1 aliphatic heterocycles. The van der Waals surface area contributed by atoms with Gasteiger partial charge >= 0.3 is 0 Å². The van der Waals surface area contributed by atoms with Crippen molar-refractivity contribution in [2.45, 2.75) is 49.3 Å². The summed E-state index contributed by atoms with van der Waals surface area (Å²) in [4.78, 5) is 33.4. The summed E-state index contributed by atoms with van der Waals surface area (Å²) in [6.45, 7) is 4.28. The number of carbonyl (C=O) groups excluding carboxylic acids is 1. The van der Waals surface area contributed by atoms with Gasteiger partial charge in [-0.3, -0.25) is 19.1 Å². The molecule has 0 atom stereocenters. The summed E-state index contributed by atoms with van der Waals surface area (Å²) in [6, 6.07) is 10.9. The summed E-state index contributed by atoms with van der Waals surface area (Å²) in [5.74, 6) is 0.822. The topological polar surface area (TPSA) is 89.6 Å². The third kappa shape index (κ3) is 5.47. The molecule has 0 spiro atoms. The Morgan fingerprint density at radius 3 is 2.66 bits per heavy atom. The zero-order valence-electron chi connectivity index (χ0n) is 19.9. The third-order valence-electron chi connectivity index (χ3n) is 7.13. The van der Waals surface area contributed by atoms with Crippen molar-refractivity contribution < 1.29 is 13.9 Å². The number of para-hydroxylation sites is 1. The maximum absolute atomic E-state index is 13.2. The standard InChI is InChI=1S/C26H32N4O4S/c31-23(27-19-26(10-4-1-5-11-26)29-12-15-33-16-13-29)18-35-25-28-22-9-3-2-8-21(22)24(32)30(25)17-20-7-6-14-34-20/h2-3,6-9,14H,1,4-5,10-13,15-19H2,(H,27,31). The second-order valence-corrected chi connectivity index (χ2v) is 10.3. The van der Waals surface area contributed by atoms with Crippen molar-refractivity contribution in [1.82, 2.24) is 19.8 Å². The van der Waals surface area contributed by atoms with Gasteiger partial charge in [0.25, 0.3) is 5.56 Å². The van der Waals surface area contributed by atoms with E-state index in [0.29, 0.717) is 28.4 Å². The summed E-state index contributed by atoms with van der Waals surface area (Å²) in [5.41, 5.74) is 0.512. The molecule has 1 aliphatic carbocycles. The van der Waals surface area contributed by atoms with E-state index in [-0.39, 0.29) is 29.3 Å². The van der Waals surface area contributed by atoms with E-state index in [1.807, 2.05) is 24.3 Å². The molecule has 2 aliphatic rings. The van der Waals surface area contributed by atoms with E-state index >= 15 is 0 Å². The molecule has 0 bridgehead atoms. The van der Waals surface area contributed by atoms with Gasteiger partial charge in [-0.1, -0.05) is 43.2 Å². The van der Waals surface area contributed by atoms with E-state index in [0.717, 1.165) is 39.1 Å². The minimum atomic E-state index is -0.136. The molecule has 0 unspecified atom stereocenters. The number of furan rings is 1. The van der Waals surface area contributed by atoms with Crippen molar-refractivity contribution in [3.05, 3.63) is 58.8 Å². The fraction of sp³-hybridized carbons (Fsp3) is 0.500. The van der Waals surface area contributed by atoms with Gasteiger partial charge in [0.05, 0.1) is 42.7 Å². The van der Waals surface area contributed by atoms with Crippen LogP contribution in [0.4, 0.5) is 0 Å². The van der Waals surface area contributed by atoms with Crippen molar-refractivity contribution >= 4 is 28.6 Å². The first-order valence-electron chi connectivity index (χ1n) is 12.4. The Morgan fingerprint density at radius 1 is 1.09 bits per heavy atom.